The second-order valence-corrected chi connectivity index (χ2v) is 5.68. The van der Waals surface area contributed by atoms with E-state index in [1.807, 2.05) is 11.8 Å². The van der Waals surface area contributed by atoms with Gasteiger partial charge in [0.2, 0.25) is 0 Å². The monoisotopic (exact) mass is 299 g/mol. The molecule has 0 saturated carbocycles. The van der Waals surface area contributed by atoms with E-state index in [-0.39, 0.29) is 11.7 Å². The molecule has 2 amide bonds. The van der Waals surface area contributed by atoms with Gasteiger partial charge in [-0.15, -0.1) is 5.10 Å². The van der Waals surface area contributed by atoms with Gasteiger partial charge in [-0.05, 0) is 12.2 Å². The van der Waals surface area contributed by atoms with Crippen LogP contribution in [0.1, 0.15) is 16.9 Å². The van der Waals surface area contributed by atoms with Crippen LogP contribution in [0, 0.1) is 0 Å². The Morgan fingerprint density at radius 3 is 3.05 bits per heavy atom. The summed E-state index contributed by atoms with van der Waals surface area (Å²) in [7, 11) is 1.80. The fourth-order valence-corrected chi connectivity index (χ4v) is 3.17. The van der Waals surface area contributed by atoms with Gasteiger partial charge in [0.05, 0.1) is 12.7 Å². The van der Waals surface area contributed by atoms with Crippen LogP contribution in [-0.4, -0.2) is 68.1 Å². The summed E-state index contributed by atoms with van der Waals surface area (Å²) in [5.74, 6) is 0.965. The average molecular weight is 299 g/mol. The van der Waals surface area contributed by atoms with Gasteiger partial charge in [0.1, 0.15) is 0 Å². The van der Waals surface area contributed by atoms with Crippen molar-refractivity contribution in [1.29, 1.82) is 0 Å². The van der Waals surface area contributed by atoms with Crippen LogP contribution < -0.4 is 5.32 Å². The van der Waals surface area contributed by atoms with Crippen molar-refractivity contribution in [3.63, 3.8) is 0 Å². The van der Waals surface area contributed by atoms with Crippen LogP contribution in [0.4, 0.5) is 4.79 Å². The number of nitrogens with zero attached hydrogens (tertiary/aromatic N) is 4. The molecule has 20 heavy (non-hydrogen) atoms. The molecule has 1 aromatic heterocycles. The standard InChI is InChI=1S/C11H17N5O3S/c1-15(8-2-5-20-7-8)11(19)12-3-4-16-6-9(10(17)18)13-14-16/h6,8H,2-5,7H2,1H3,(H,12,19)(H,17,18). The van der Waals surface area contributed by atoms with E-state index in [1.54, 1.807) is 11.9 Å². The summed E-state index contributed by atoms with van der Waals surface area (Å²) >= 11 is 1.85. The Morgan fingerprint density at radius 2 is 2.45 bits per heavy atom. The number of carboxylic acid groups (broad SMARTS) is 1. The number of carbonyl (C=O) groups excluding carboxylic acids is 1. The smallest absolute Gasteiger partial charge is 0.358 e. The minimum atomic E-state index is -1.11. The van der Waals surface area contributed by atoms with Gasteiger partial charge in [0, 0.05) is 25.4 Å². The Hall–Kier alpha value is -1.77. The van der Waals surface area contributed by atoms with Crippen molar-refractivity contribution in [2.75, 3.05) is 25.1 Å². The first-order valence-corrected chi connectivity index (χ1v) is 7.45. The van der Waals surface area contributed by atoms with Crippen molar-refractivity contribution in [3.8, 4) is 0 Å². The van der Waals surface area contributed by atoms with Crippen LogP contribution in [0.2, 0.25) is 0 Å². The summed E-state index contributed by atoms with van der Waals surface area (Å²) in [5.41, 5.74) is -0.101. The highest BCUT2D eigenvalue weighted by Gasteiger charge is 2.23. The normalized spacial score (nSPS) is 17.9. The van der Waals surface area contributed by atoms with Gasteiger partial charge in [-0.25, -0.2) is 14.3 Å². The molecule has 2 heterocycles. The van der Waals surface area contributed by atoms with Crippen molar-refractivity contribution in [2.45, 2.75) is 19.0 Å². The SMILES string of the molecule is CN(C(=O)NCCn1cc(C(=O)O)nn1)C1CCSC1. The molecule has 1 unspecified atom stereocenters. The van der Waals surface area contributed by atoms with E-state index in [0.717, 1.165) is 17.9 Å². The van der Waals surface area contributed by atoms with E-state index in [0.29, 0.717) is 19.1 Å². The zero-order chi connectivity index (χ0) is 14.5. The fourth-order valence-electron chi connectivity index (χ4n) is 1.90. The molecule has 1 atom stereocenters. The minimum absolute atomic E-state index is 0.101. The van der Waals surface area contributed by atoms with Gasteiger partial charge >= 0.3 is 12.0 Å². The van der Waals surface area contributed by atoms with Crippen LogP contribution in [0.5, 0.6) is 0 Å². The number of carbonyl (C=O) groups is 2. The van der Waals surface area contributed by atoms with Crippen molar-refractivity contribution in [2.24, 2.45) is 0 Å². The molecule has 2 rings (SSSR count). The number of nitrogens with one attached hydrogen (secondary N) is 1. The molecule has 1 aliphatic heterocycles. The number of hydrogen-bond donors (Lipinski definition) is 2. The van der Waals surface area contributed by atoms with Crippen molar-refractivity contribution < 1.29 is 14.7 Å². The zero-order valence-electron chi connectivity index (χ0n) is 11.2. The molecule has 8 nitrogen and oxygen atoms in total. The lowest BCUT2D eigenvalue weighted by Gasteiger charge is -2.23. The summed E-state index contributed by atoms with van der Waals surface area (Å²) in [5, 5.41) is 18.7. The van der Waals surface area contributed by atoms with Crippen LogP contribution in [-0.2, 0) is 6.54 Å². The Bertz CT molecular complexity index is 486. The number of urea groups is 1. The van der Waals surface area contributed by atoms with E-state index in [1.165, 1.54) is 10.9 Å². The molecule has 1 fully saturated rings. The minimum Gasteiger partial charge on any atom is -0.476 e. The van der Waals surface area contributed by atoms with Crippen molar-refractivity contribution in [3.05, 3.63) is 11.9 Å². The molecule has 110 valence electrons. The van der Waals surface area contributed by atoms with E-state index in [4.69, 9.17) is 5.11 Å². The van der Waals surface area contributed by atoms with Gasteiger partial charge in [0.25, 0.3) is 0 Å². The van der Waals surface area contributed by atoms with Crippen molar-refractivity contribution in [1.82, 2.24) is 25.2 Å². The second-order valence-electron chi connectivity index (χ2n) is 4.53. The molecule has 0 spiro atoms. The summed E-state index contributed by atoms with van der Waals surface area (Å²) < 4.78 is 1.40. The Morgan fingerprint density at radius 1 is 1.65 bits per heavy atom. The van der Waals surface area contributed by atoms with Crippen LogP contribution in [0.3, 0.4) is 0 Å². The summed E-state index contributed by atoms with van der Waals surface area (Å²) in [4.78, 5) is 24.3. The lowest BCUT2D eigenvalue weighted by Crippen LogP contribution is -2.44. The average Bonchev–Trinajstić information content (AvgIpc) is 3.08. The maximum Gasteiger partial charge on any atom is 0.358 e. The third-order valence-corrected chi connectivity index (χ3v) is 4.29. The Labute approximate surface area is 120 Å². The molecule has 1 saturated heterocycles. The van der Waals surface area contributed by atoms with Gasteiger partial charge in [-0.3, -0.25) is 0 Å². The van der Waals surface area contributed by atoms with Gasteiger partial charge in [-0.1, -0.05) is 5.21 Å². The zero-order valence-corrected chi connectivity index (χ0v) is 12.0. The van der Waals surface area contributed by atoms with Crippen LogP contribution in [0.15, 0.2) is 6.20 Å². The predicted octanol–water partition coefficient (Wildman–Crippen LogP) is 0.123. The summed E-state index contributed by atoms with van der Waals surface area (Å²) in [6.45, 7) is 0.769. The molecule has 1 aliphatic rings. The van der Waals surface area contributed by atoms with Gasteiger partial charge in [0.15, 0.2) is 5.69 Å². The fraction of sp³-hybridized carbons (Fsp3) is 0.636. The number of thioether (sulfide) groups is 1. The predicted molar refractivity (Wildman–Crippen MR) is 73.9 cm³/mol. The van der Waals surface area contributed by atoms with Crippen LogP contribution >= 0.6 is 11.8 Å². The van der Waals surface area contributed by atoms with Gasteiger partial charge in [-0.2, -0.15) is 11.8 Å². The second kappa shape index (κ2) is 6.60. The lowest BCUT2D eigenvalue weighted by atomic mass is 10.2. The molecule has 0 radical (unpaired) electrons. The number of carboxylic acids is 1. The number of aromatic nitrogens is 3. The molecule has 1 aromatic rings. The number of amides is 2. The first kappa shape index (κ1) is 14.6. The quantitative estimate of drug-likeness (QED) is 0.801. The topological polar surface area (TPSA) is 100 Å². The van der Waals surface area contributed by atoms with E-state index < -0.39 is 5.97 Å². The molecule has 0 aromatic carbocycles. The number of rotatable bonds is 5. The van der Waals surface area contributed by atoms with E-state index >= 15 is 0 Å². The Balaban J connectivity index is 1.74. The maximum atomic E-state index is 11.9. The molecule has 0 bridgehead atoms. The van der Waals surface area contributed by atoms with Crippen LogP contribution in [0.25, 0.3) is 0 Å². The first-order valence-electron chi connectivity index (χ1n) is 6.29. The highest BCUT2D eigenvalue weighted by molar-refractivity contribution is 7.99. The van der Waals surface area contributed by atoms with Gasteiger partial charge < -0.3 is 15.3 Å². The first-order chi connectivity index (χ1) is 9.58. The molecule has 2 N–H and O–H groups in total. The van der Waals surface area contributed by atoms with E-state index in [2.05, 4.69) is 15.6 Å². The number of hydrogen-bond acceptors (Lipinski definition) is 5. The molecule has 9 heteroatoms. The summed E-state index contributed by atoms with van der Waals surface area (Å²) in [6.07, 6.45) is 2.37. The molecular formula is C11H17N5O3S. The lowest BCUT2D eigenvalue weighted by molar-refractivity contribution is 0.0690. The maximum absolute atomic E-state index is 11.9. The molecular weight excluding hydrogens is 282 g/mol. The Kier molecular flexibility index (Phi) is 4.83. The highest BCUT2D eigenvalue weighted by atomic mass is 32.2. The third kappa shape index (κ3) is 3.62. The third-order valence-electron chi connectivity index (χ3n) is 3.15. The largest absolute Gasteiger partial charge is 0.476 e. The highest BCUT2D eigenvalue weighted by Crippen LogP contribution is 2.21. The molecule has 0 aliphatic carbocycles. The van der Waals surface area contributed by atoms with E-state index in [9.17, 15) is 9.59 Å². The number of aromatic carboxylic acids is 1. The summed E-state index contributed by atoms with van der Waals surface area (Å²) in [6, 6.07) is 0.182. The van der Waals surface area contributed by atoms with Crippen molar-refractivity contribution >= 4 is 23.8 Å².